The first-order valence-corrected chi connectivity index (χ1v) is 6.68. The molecule has 2 nitrogen and oxygen atoms in total. The van der Waals surface area contributed by atoms with Gasteiger partial charge in [-0.2, -0.15) is 0 Å². The summed E-state index contributed by atoms with van der Waals surface area (Å²) >= 11 is 3.59. The lowest BCUT2D eigenvalue weighted by Gasteiger charge is -2.23. The van der Waals surface area contributed by atoms with E-state index in [-0.39, 0.29) is 0 Å². The predicted molar refractivity (Wildman–Crippen MR) is 72.0 cm³/mol. The fourth-order valence-electron chi connectivity index (χ4n) is 2.62. The molecule has 0 heterocycles. The van der Waals surface area contributed by atoms with E-state index in [0.717, 1.165) is 41.2 Å². The molecule has 88 valence electrons. The first-order chi connectivity index (χ1) is 8.18. The van der Waals surface area contributed by atoms with Gasteiger partial charge in [-0.1, -0.05) is 40.2 Å². The molecule has 17 heavy (non-hydrogen) atoms. The van der Waals surface area contributed by atoms with Crippen molar-refractivity contribution in [2.75, 3.05) is 0 Å². The number of halogens is 1. The van der Waals surface area contributed by atoms with Crippen LogP contribution in [0.1, 0.15) is 17.5 Å². The highest BCUT2D eigenvalue weighted by Crippen LogP contribution is 2.43. The molecule has 1 aliphatic rings. The maximum absolute atomic E-state index is 10.3. The second kappa shape index (κ2) is 3.91. The molecule has 0 radical (unpaired) electrons. The van der Waals surface area contributed by atoms with Crippen LogP contribution >= 0.6 is 15.9 Å². The van der Waals surface area contributed by atoms with Gasteiger partial charge >= 0.3 is 0 Å². The van der Waals surface area contributed by atoms with Gasteiger partial charge in [-0.3, -0.25) is 0 Å². The topological polar surface area (TPSA) is 40.5 Å². The molecule has 0 aromatic heterocycles. The highest BCUT2D eigenvalue weighted by molar-refractivity contribution is 9.09. The molecule has 0 spiro atoms. The Morgan fingerprint density at radius 3 is 2.24 bits per heavy atom. The molecule has 3 rings (SSSR count). The predicted octanol–water partition coefficient (Wildman–Crippen LogP) is 3.50. The summed E-state index contributed by atoms with van der Waals surface area (Å²) in [6.45, 7) is 0. The van der Waals surface area contributed by atoms with Gasteiger partial charge in [0, 0.05) is 26.7 Å². The number of phenolic OH excluding ortho intramolecular Hbond substituents is 2. The van der Waals surface area contributed by atoms with E-state index in [2.05, 4.69) is 15.9 Å². The SMILES string of the molecule is Oc1c2c(c(O)c3ccccc13)CC(Br)CC2. The molecule has 2 N–H and O–H groups in total. The van der Waals surface area contributed by atoms with Crippen LogP contribution in [-0.2, 0) is 12.8 Å². The number of aromatic hydroxyl groups is 2. The van der Waals surface area contributed by atoms with Crippen LogP contribution in [0.3, 0.4) is 0 Å². The van der Waals surface area contributed by atoms with E-state index in [1.165, 1.54) is 0 Å². The number of fused-ring (bicyclic) bond motifs is 2. The average Bonchev–Trinajstić information content (AvgIpc) is 2.36. The van der Waals surface area contributed by atoms with Gasteiger partial charge < -0.3 is 10.2 Å². The summed E-state index contributed by atoms with van der Waals surface area (Å²) in [4.78, 5) is 0.390. The van der Waals surface area contributed by atoms with Crippen molar-refractivity contribution in [2.45, 2.75) is 24.1 Å². The van der Waals surface area contributed by atoms with Crippen molar-refractivity contribution < 1.29 is 10.2 Å². The van der Waals surface area contributed by atoms with Gasteiger partial charge in [0.2, 0.25) is 0 Å². The van der Waals surface area contributed by atoms with Crippen molar-refractivity contribution in [1.82, 2.24) is 0 Å². The second-order valence-corrected chi connectivity index (χ2v) is 5.83. The lowest BCUT2D eigenvalue weighted by molar-refractivity contribution is 0.450. The van der Waals surface area contributed by atoms with Crippen molar-refractivity contribution >= 4 is 26.7 Å². The highest BCUT2D eigenvalue weighted by Gasteiger charge is 2.24. The van der Waals surface area contributed by atoms with Gasteiger partial charge in [0.05, 0.1) is 0 Å². The summed E-state index contributed by atoms with van der Waals surface area (Å²) in [5.74, 6) is 0.672. The minimum absolute atomic E-state index is 0.331. The third kappa shape index (κ3) is 1.61. The molecular formula is C14H13BrO2. The average molecular weight is 293 g/mol. The molecule has 0 saturated heterocycles. The summed E-state index contributed by atoms with van der Waals surface area (Å²) in [6.07, 6.45) is 2.59. The summed E-state index contributed by atoms with van der Waals surface area (Å²) in [7, 11) is 0. The number of rotatable bonds is 0. The van der Waals surface area contributed by atoms with Crippen LogP contribution in [0.2, 0.25) is 0 Å². The zero-order valence-corrected chi connectivity index (χ0v) is 10.9. The van der Waals surface area contributed by atoms with Gasteiger partial charge in [0.25, 0.3) is 0 Å². The molecule has 0 fully saturated rings. The summed E-state index contributed by atoms with van der Waals surface area (Å²) in [6, 6.07) is 7.46. The number of alkyl halides is 1. The largest absolute Gasteiger partial charge is 0.507 e. The Morgan fingerprint density at radius 2 is 1.59 bits per heavy atom. The van der Waals surface area contributed by atoms with Crippen LogP contribution in [-0.4, -0.2) is 15.0 Å². The third-order valence-corrected chi connectivity index (χ3v) is 4.29. The van der Waals surface area contributed by atoms with Gasteiger partial charge in [-0.05, 0) is 19.3 Å². The molecule has 0 amide bonds. The Bertz CT molecular complexity index is 592. The number of hydrogen-bond donors (Lipinski definition) is 2. The van der Waals surface area contributed by atoms with Crippen molar-refractivity contribution in [3.63, 3.8) is 0 Å². The Labute approximate surface area is 108 Å². The van der Waals surface area contributed by atoms with Crippen LogP contribution in [0, 0.1) is 0 Å². The van der Waals surface area contributed by atoms with Crippen molar-refractivity contribution in [2.24, 2.45) is 0 Å². The van der Waals surface area contributed by atoms with E-state index in [1.807, 2.05) is 24.3 Å². The lowest BCUT2D eigenvalue weighted by Crippen LogP contribution is -2.14. The molecule has 2 aromatic rings. The zero-order valence-electron chi connectivity index (χ0n) is 9.28. The Balaban J connectivity index is 2.37. The summed E-state index contributed by atoms with van der Waals surface area (Å²) in [5.41, 5.74) is 1.81. The van der Waals surface area contributed by atoms with Crippen LogP contribution < -0.4 is 0 Å². The summed E-state index contributed by atoms with van der Waals surface area (Å²) in [5, 5.41) is 22.1. The molecule has 0 bridgehead atoms. The fourth-order valence-corrected chi connectivity index (χ4v) is 3.17. The minimum atomic E-state index is 0.331. The van der Waals surface area contributed by atoms with E-state index in [1.54, 1.807) is 0 Å². The molecular weight excluding hydrogens is 280 g/mol. The highest BCUT2D eigenvalue weighted by atomic mass is 79.9. The van der Waals surface area contributed by atoms with Gasteiger partial charge in [0.1, 0.15) is 11.5 Å². The molecule has 1 unspecified atom stereocenters. The number of hydrogen-bond acceptors (Lipinski definition) is 2. The Morgan fingerprint density at radius 1 is 1.00 bits per heavy atom. The van der Waals surface area contributed by atoms with Crippen molar-refractivity contribution in [1.29, 1.82) is 0 Å². The molecule has 1 aliphatic carbocycles. The van der Waals surface area contributed by atoms with E-state index in [0.29, 0.717) is 16.3 Å². The summed E-state index contributed by atoms with van der Waals surface area (Å²) < 4.78 is 0. The minimum Gasteiger partial charge on any atom is -0.507 e. The van der Waals surface area contributed by atoms with Crippen molar-refractivity contribution in [3.8, 4) is 11.5 Å². The number of benzene rings is 2. The van der Waals surface area contributed by atoms with Crippen molar-refractivity contribution in [3.05, 3.63) is 35.4 Å². The van der Waals surface area contributed by atoms with E-state index < -0.39 is 0 Å². The van der Waals surface area contributed by atoms with Gasteiger partial charge in [0.15, 0.2) is 0 Å². The quantitative estimate of drug-likeness (QED) is 0.576. The maximum Gasteiger partial charge on any atom is 0.127 e. The second-order valence-electron chi connectivity index (χ2n) is 4.54. The molecule has 2 aromatic carbocycles. The van der Waals surface area contributed by atoms with Gasteiger partial charge in [-0.25, -0.2) is 0 Å². The van der Waals surface area contributed by atoms with E-state index in [9.17, 15) is 10.2 Å². The van der Waals surface area contributed by atoms with Crippen LogP contribution in [0.4, 0.5) is 0 Å². The smallest absolute Gasteiger partial charge is 0.127 e. The maximum atomic E-state index is 10.3. The molecule has 3 heteroatoms. The fraction of sp³-hybridized carbons (Fsp3) is 0.286. The normalized spacial score (nSPS) is 19.2. The Hall–Kier alpha value is -1.22. The van der Waals surface area contributed by atoms with E-state index >= 15 is 0 Å². The number of phenols is 2. The zero-order chi connectivity index (χ0) is 12.0. The van der Waals surface area contributed by atoms with Crippen LogP contribution in [0.25, 0.3) is 10.8 Å². The third-order valence-electron chi connectivity index (χ3n) is 3.51. The lowest BCUT2D eigenvalue weighted by atomic mass is 9.87. The monoisotopic (exact) mass is 292 g/mol. The Kier molecular flexibility index (Phi) is 2.51. The molecule has 0 aliphatic heterocycles. The first-order valence-electron chi connectivity index (χ1n) is 5.77. The van der Waals surface area contributed by atoms with Crippen LogP contribution in [0.5, 0.6) is 11.5 Å². The van der Waals surface area contributed by atoms with Gasteiger partial charge in [-0.15, -0.1) is 0 Å². The standard InChI is InChI=1S/C14H13BrO2/c15-8-5-6-11-12(7-8)14(17)10-4-2-1-3-9(10)13(11)16/h1-4,8,16-17H,5-7H2. The van der Waals surface area contributed by atoms with Crippen LogP contribution in [0.15, 0.2) is 24.3 Å². The molecule has 1 atom stereocenters. The van der Waals surface area contributed by atoms with E-state index in [4.69, 9.17) is 0 Å². The first kappa shape index (κ1) is 10.9. The molecule has 0 saturated carbocycles.